The van der Waals surface area contributed by atoms with Gasteiger partial charge in [0, 0.05) is 43.8 Å². The number of pyridine rings is 1. The van der Waals surface area contributed by atoms with E-state index in [4.69, 9.17) is 0 Å². The number of rotatable bonds is 3. The molecule has 2 amide bonds. The molecule has 0 unspecified atom stereocenters. The number of carbonyl (C=O) groups excluding carboxylic acids is 1. The molecule has 1 aliphatic carbocycles. The number of fused-ring (bicyclic) bond motifs is 1. The van der Waals surface area contributed by atoms with Crippen molar-refractivity contribution in [1.82, 2.24) is 25.2 Å². The second-order valence-electron chi connectivity index (χ2n) is 6.12. The highest BCUT2D eigenvalue weighted by Crippen LogP contribution is 2.21. The van der Waals surface area contributed by atoms with Crippen molar-refractivity contribution >= 4 is 23.0 Å². The molecular formula is C16H22N6O2. The van der Waals surface area contributed by atoms with Gasteiger partial charge in [0.2, 0.25) is 5.95 Å². The molecule has 2 heterocycles. The predicted molar refractivity (Wildman–Crippen MR) is 92.0 cm³/mol. The number of amides is 2. The van der Waals surface area contributed by atoms with E-state index in [0.29, 0.717) is 11.6 Å². The van der Waals surface area contributed by atoms with Crippen LogP contribution in [-0.4, -0.2) is 39.7 Å². The van der Waals surface area contributed by atoms with Crippen LogP contribution >= 0.6 is 0 Å². The van der Waals surface area contributed by atoms with E-state index in [-0.39, 0.29) is 23.7 Å². The molecule has 8 heteroatoms. The third kappa shape index (κ3) is 3.47. The standard InChI is InChI=1S/C16H22N6O2/c1-17-16(24)20-12-6-4-11(5-7-12)19-15-18-9-10-3-8-13(23)22(2)14(10)21-15/h3,8-9,11-12H,4-7H2,1-2H3,(H2,17,20,24)(H,18,19,21). The van der Waals surface area contributed by atoms with Crippen LogP contribution in [0.4, 0.5) is 10.7 Å². The quantitative estimate of drug-likeness (QED) is 0.779. The zero-order valence-corrected chi connectivity index (χ0v) is 13.9. The fourth-order valence-corrected chi connectivity index (χ4v) is 3.04. The van der Waals surface area contributed by atoms with Gasteiger partial charge in [-0.2, -0.15) is 4.98 Å². The van der Waals surface area contributed by atoms with Crippen LogP contribution in [0, 0.1) is 0 Å². The Hall–Kier alpha value is -2.64. The normalized spacial score (nSPS) is 20.6. The van der Waals surface area contributed by atoms with Crippen LogP contribution in [-0.2, 0) is 7.05 Å². The van der Waals surface area contributed by atoms with Crippen LogP contribution in [0.3, 0.4) is 0 Å². The van der Waals surface area contributed by atoms with Crippen molar-refractivity contribution in [2.24, 2.45) is 7.05 Å². The van der Waals surface area contributed by atoms with E-state index in [0.717, 1.165) is 31.1 Å². The van der Waals surface area contributed by atoms with Gasteiger partial charge in [0.15, 0.2) is 0 Å². The Labute approximate surface area is 139 Å². The average molecular weight is 330 g/mol. The molecule has 0 spiro atoms. The SMILES string of the molecule is CNC(=O)NC1CCC(Nc2ncc3ccc(=O)n(C)c3n2)CC1. The summed E-state index contributed by atoms with van der Waals surface area (Å²) in [6.45, 7) is 0. The van der Waals surface area contributed by atoms with Gasteiger partial charge in [-0.25, -0.2) is 9.78 Å². The van der Waals surface area contributed by atoms with Crippen molar-refractivity contribution in [3.63, 3.8) is 0 Å². The number of aryl methyl sites for hydroxylation is 1. The topological polar surface area (TPSA) is 101 Å². The van der Waals surface area contributed by atoms with Gasteiger partial charge in [-0.3, -0.25) is 9.36 Å². The van der Waals surface area contributed by atoms with Crippen molar-refractivity contribution in [2.45, 2.75) is 37.8 Å². The minimum Gasteiger partial charge on any atom is -0.351 e. The summed E-state index contributed by atoms with van der Waals surface area (Å²) in [6, 6.07) is 3.59. The molecule has 0 aliphatic heterocycles. The fourth-order valence-electron chi connectivity index (χ4n) is 3.04. The Morgan fingerprint density at radius 1 is 1.21 bits per heavy atom. The lowest BCUT2D eigenvalue weighted by Gasteiger charge is -2.29. The number of aromatic nitrogens is 3. The first-order chi connectivity index (χ1) is 11.6. The maximum atomic E-state index is 11.7. The molecule has 24 heavy (non-hydrogen) atoms. The average Bonchev–Trinajstić information content (AvgIpc) is 2.60. The summed E-state index contributed by atoms with van der Waals surface area (Å²) in [5.41, 5.74) is 0.530. The Morgan fingerprint density at radius 2 is 1.92 bits per heavy atom. The van der Waals surface area contributed by atoms with Crippen LogP contribution < -0.4 is 21.5 Å². The van der Waals surface area contributed by atoms with Gasteiger partial charge in [-0.05, 0) is 31.7 Å². The molecule has 0 atom stereocenters. The molecule has 3 N–H and O–H groups in total. The van der Waals surface area contributed by atoms with Gasteiger partial charge in [0.05, 0.1) is 0 Å². The number of nitrogens with one attached hydrogen (secondary N) is 3. The van der Waals surface area contributed by atoms with Crippen LogP contribution in [0.15, 0.2) is 23.1 Å². The molecular weight excluding hydrogens is 308 g/mol. The van der Waals surface area contributed by atoms with E-state index in [2.05, 4.69) is 25.9 Å². The van der Waals surface area contributed by atoms with Crippen molar-refractivity contribution < 1.29 is 4.79 Å². The summed E-state index contributed by atoms with van der Waals surface area (Å²) in [7, 11) is 3.32. The number of hydrogen-bond donors (Lipinski definition) is 3. The van der Waals surface area contributed by atoms with Gasteiger partial charge < -0.3 is 16.0 Å². The maximum absolute atomic E-state index is 11.7. The van der Waals surface area contributed by atoms with Crippen molar-refractivity contribution in [2.75, 3.05) is 12.4 Å². The smallest absolute Gasteiger partial charge is 0.314 e. The summed E-state index contributed by atoms with van der Waals surface area (Å²) in [4.78, 5) is 31.9. The number of hydrogen-bond acceptors (Lipinski definition) is 5. The number of carbonyl (C=O) groups is 1. The minimum absolute atomic E-state index is 0.0899. The third-order valence-corrected chi connectivity index (χ3v) is 4.47. The van der Waals surface area contributed by atoms with Gasteiger partial charge in [-0.1, -0.05) is 0 Å². The van der Waals surface area contributed by atoms with E-state index in [1.54, 1.807) is 26.4 Å². The lowest BCUT2D eigenvalue weighted by atomic mass is 9.91. The van der Waals surface area contributed by atoms with E-state index in [1.807, 2.05) is 0 Å². The number of anilines is 1. The van der Waals surface area contributed by atoms with Crippen LogP contribution in [0.2, 0.25) is 0 Å². The highest BCUT2D eigenvalue weighted by atomic mass is 16.2. The van der Waals surface area contributed by atoms with Crippen LogP contribution in [0.25, 0.3) is 11.0 Å². The Morgan fingerprint density at radius 3 is 2.62 bits per heavy atom. The molecule has 0 aromatic carbocycles. The van der Waals surface area contributed by atoms with Crippen molar-refractivity contribution in [3.8, 4) is 0 Å². The van der Waals surface area contributed by atoms with Gasteiger partial charge in [-0.15, -0.1) is 0 Å². The maximum Gasteiger partial charge on any atom is 0.314 e. The van der Waals surface area contributed by atoms with Crippen molar-refractivity contribution in [3.05, 3.63) is 28.7 Å². The zero-order valence-electron chi connectivity index (χ0n) is 13.9. The molecule has 3 rings (SSSR count). The number of urea groups is 1. The Balaban J connectivity index is 1.65. The number of nitrogens with zero attached hydrogens (tertiary/aromatic N) is 3. The molecule has 8 nitrogen and oxygen atoms in total. The molecule has 0 saturated heterocycles. The Kier molecular flexibility index (Phi) is 4.64. The largest absolute Gasteiger partial charge is 0.351 e. The first kappa shape index (κ1) is 16.2. The lowest BCUT2D eigenvalue weighted by Crippen LogP contribution is -2.43. The summed E-state index contributed by atoms with van der Waals surface area (Å²) < 4.78 is 1.52. The first-order valence-corrected chi connectivity index (χ1v) is 8.14. The summed E-state index contributed by atoms with van der Waals surface area (Å²) >= 11 is 0. The molecule has 0 radical (unpaired) electrons. The van der Waals surface area contributed by atoms with Crippen LogP contribution in [0.5, 0.6) is 0 Å². The van der Waals surface area contributed by atoms with Gasteiger partial charge in [0.1, 0.15) is 5.65 Å². The Bertz CT molecular complexity index is 795. The second-order valence-corrected chi connectivity index (χ2v) is 6.12. The molecule has 128 valence electrons. The minimum atomic E-state index is -0.134. The fraction of sp³-hybridized carbons (Fsp3) is 0.500. The van der Waals surface area contributed by atoms with E-state index in [9.17, 15) is 9.59 Å². The lowest BCUT2D eigenvalue weighted by molar-refractivity contribution is 0.234. The van der Waals surface area contributed by atoms with Gasteiger partial charge in [0.25, 0.3) is 5.56 Å². The predicted octanol–water partition coefficient (Wildman–Crippen LogP) is 0.981. The third-order valence-electron chi connectivity index (χ3n) is 4.47. The summed E-state index contributed by atoms with van der Waals surface area (Å²) in [5.74, 6) is 0.534. The molecule has 0 bridgehead atoms. The highest BCUT2D eigenvalue weighted by Gasteiger charge is 2.22. The molecule has 1 aliphatic rings. The molecule has 2 aromatic rings. The van der Waals surface area contributed by atoms with E-state index < -0.39 is 0 Å². The first-order valence-electron chi connectivity index (χ1n) is 8.14. The van der Waals surface area contributed by atoms with Crippen molar-refractivity contribution in [1.29, 1.82) is 0 Å². The zero-order chi connectivity index (χ0) is 17.1. The molecule has 1 fully saturated rings. The highest BCUT2D eigenvalue weighted by molar-refractivity contribution is 5.75. The summed E-state index contributed by atoms with van der Waals surface area (Å²) in [6.07, 6.45) is 5.42. The molecule has 2 aromatic heterocycles. The second kappa shape index (κ2) is 6.86. The summed E-state index contributed by atoms with van der Waals surface area (Å²) in [5, 5.41) is 9.70. The molecule has 1 saturated carbocycles. The van der Waals surface area contributed by atoms with E-state index >= 15 is 0 Å². The van der Waals surface area contributed by atoms with Gasteiger partial charge >= 0.3 is 6.03 Å². The van der Waals surface area contributed by atoms with E-state index in [1.165, 1.54) is 10.6 Å². The van der Waals surface area contributed by atoms with Crippen LogP contribution in [0.1, 0.15) is 25.7 Å². The monoisotopic (exact) mass is 330 g/mol.